The predicted octanol–water partition coefficient (Wildman–Crippen LogP) is 3.57. The van der Waals surface area contributed by atoms with E-state index >= 15 is 0 Å². The van der Waals surface area contributed by atoms with Crippen LogP contribution in [0, 0.1) is 5.41 Å². The van der Waals surface area contributed by atoms with Gasteiger partial charge in [-0.15, -0.1) is 0 Å². The average Bonchev–Trinajstić information content (AvgIpc) is 2.73. The van der Waals surface area contributed by atoms with Crippen LogP contribution in [-0.4, -0.2) is 40.7 Å². The van der Waals surface area contributed by atoms with Crippen LogP contribution in [-0.2, 0) is 0 Å². The molecule has 1 saturated carbocycles. The first kappa shape index (κ1) is 15.0. The molecule has 1 atom stereocenters. The Balaban J connectivity index is 1.52. The molecule has 1 spiro atoms. The second-order valence-corrected chi connectivity index (χ2v) is 8.16. The third kappa shape index (κ3) is 2.23. The van der Waals surface area contributed by atoms with Gasteiger partial charge in [0.15, 0.2) is 0 Å². The van der Waals surface area contributed by atoms with Crippen LogP contribution in [0.25, 0.3) is 0 Å². The highest BCUT2D eigenvalue weighted by molar-refractivity contribution is 7.80. The van der Waals surface area contributed by atoms with Crippen LogP contribution in [0.5, 0.6) is 5.75 Å². The number of phenols is 1. The zero-order valence-electron chi connectivity index (χ0n) is 12.1. The molecule has 1 unspecified atom stereocenters. The first-order valence-corrected chi connectivity index (χ1v) is 8.83. The summed E-state index contributed by atoms with van der Waals surface area (Å²) in [7, 11) is 0. The van der Waals surface area contributed by atoms with Crippen LogP contribution >= 0.6 is 35.4 Å². The number of halogens is 2. The standard InChI is InChI=1S/C16H18Cl2N2OS/c17-11-1-2-12(21)14(15(11)18)9-3-13(22)20(6-9)10-4-16(5-10)7-19-8-16/h1-2,9-10,19,21H,3-8H2. The van der Waals surface area contributed by atoms with Crippen molar-refractivity contribution in [2.24, 2.45) is 5.41 Å². The molecular weight excluding hydrogens is 339 g/mol. The van der Waals surface area contributed by atoms with Crippen molar-refractivity contribution in [3.63, 3.8) is 0 Å². The summed E-state index contributed by atoms with van der Waals surface area (Å²) in [5, 5.41) is 14.5. The monoisotopic (exact) mass is 356 g/mol. The number of nitrogens with zero attached hydrogens (tertiary/aromatic N) is 1. The Morgan fingerprint density at radius 1 is 1.27 bits per heavy atom. The van der Waals surface area contributed by atoms with E-state index < -0.39 is 0 Å². The Morgan fingerprint density at radius 2 is 2.00 bits per heavy atom. The van der Waals surface area contributed by atoms with E-state index in [9.17, 15) is 5.11 Å². The summed E-state index contributed by atoms with van der Waals surface area (Å²) in [6.07, 6.45) is 3.22. The summed E-state index contributed by atoms with van der Waals surface area (Å²) in [4.78, 5) is 3.34. The Morgan fingerprint density at radius 3 is 2.64 bits per heavy atom. The Hall–Kier alpha value is -0.550. The van der Waals surface area contributed by atoms with Gasteiger partial charge in [0.05, 0.1) is 15.0 Å². The normalized spacial score (nSPS) is 27.1. The number of benzene rings is 1. The van der Waals surface area contributed by atoms with E-state index in [1.165, 1.54) is 12.8 Å². The third-order valence-electron chi connectivity index (χ3n) is 5.45. The Bertz CT molecular complexity index is 639. The van der Waals surface area contributed by atoms with E-state index in [-0.39, 0.29) is 11.7 Å². The largest absolute Gasteiger partial charge is 0.508 e. The van der Waals surface area contributed by atoms with Crippen molar-refractivity contribution >= 4 is 40.4 Å². The van der Waals surface area contributed by atoms with E-state index in [2.05, 4.69) is 10.2 Å². The van der Waals surface area contributed by atoms with E-state index in [1.54, 1.807) is 12.1 Å². The van der Waals surface area contributed by atoms with Crippen LogP contribution in [0.1, 0.15) is 30.7 Å². The highest BCUT2D eigenvalue weighted by Crippen LogP contribution is 2.49. The molecule has 1 aromatic carbocycles. The molecule has 4 rings (SSSR count). The molecule has 1 aromatic rings. The van der Waals surface area contributed by atoms with Crippen molar-refractivity contribution in [2.45, 2.75) is 31.2 Å². The topological polar surface area (TPSA) is 35.5 Å². The van der Waals surface area contributed by atoms with Crippen LogP contribution < -0.4 is 5.32 Å². The molecule has 2 aliphatic heterocycles. The van der Waals surface area contributed by atoms with Crippen molar-refractivity contribution in [1.29, 1.82) is 0 Å². The molecule has 118 valence electrons. The fraction of sp³-hybridized carbons (Fsp3) is 0.562. The minimum Gasteiger partial charge on any atom is -0.508 e. The molecule has 3 fully saturated rings. The number of nitrogens with one attached hydrogen (secondary N) is 1. The molecule has 6 heteroatoms. The molecule has 2 heterocycles. The zero-order valence-corrected chi connectivity index (χ0v) is 14.4. The van der Waals surface area contributed by atoms with Gasteiger partial charge in [-0.25, -0.2) is 0 Å². The predicted molar refractivity (Wildman–Crippen MR) is 93.1 cm³/mol. The summed E-state index contributed by atoms with van der Waals surface area (Å²) < 4.78 is 0. The number of phenolic OH excluding ortho intramolecular Hbond substituents is 1. The van der Waals surface area contributed by atoms with Gasteiger partial charge in [-0.3, -0.25) is 0 Å². The summed E-state index contributed by atoms with van der Waals surface area (Å²) in [6.45, 7) is 3.13. The summed E-state index contributed by atoms with van der Waals surface area (Å²) in [6, 6.07) is 3.81. The highest BCUT2D eigenvalue weighted by Gasteiger charge is 2.52. The molecule has 2 N–H and O–H groups in total. The molecule has 3 aliphatic rings. The number of aromatic hydroxyl groups is 1. The van der Waals surface area contributed by atoms with Crippen molar-refractivity contribution < 1.29 is 5.11 Å². The maximum atomic E-state index is 10.2. The molecule has 0 aromatic heterocycles. The molecular formula is C16H18Cl2N2OS. The quantitative estimate of drug-likeness (QED) is 0.794. The highest BCUT2D eigenvalue weighted by atomic mass is 35.5. The van der Waals surface area contributed by atoms with Gasteiger partial charge in [0.1, 0.15) is 5.75 Å². The number of likely N-dealkylation sites (tertiary alicyclic amines) is 1. The Kier molecular flexibility index (Phi) is 3.57. The molecule has 2 saturated heterocycles. The maximum Gasteiger partial charge on any atom is 0.120 e. The fourth-order valence-corrected chi connectivity index (χ4v) is 5.05. The molecule has 1 aliphatic carbocycles. The van der Waals surface area contributed by atoms with Crippen LogP contribution in [0.3, 0.4) is 0 Å². The molecule has 3 nitrogen and oxygen atoms in total. The average molecular weight is 357 g/mol. The Labute approximate surface area is 145 Å². The minimum absolute atomic E-state index is 0.134. The van der Waals surface area contributed by atoms with E-state index in [1.807, 2.05) is 0 Å². The van der Waals surface area contributed by atoms with Crippen LogP contribution in [0.4, 0.5) is 0 Å². The zero-order chi connectivity index (χ0) is 15.5. The second kappa shape index (κ2) is 5.23. The summed E-state index contributed by atoms with van der Waals surface area (Å²) in [5.41, 5.74) is 1.28. The minimum atomic E-state index is 0.134. The molecule has 22 heavy (non-hydrogen) atoms. The number of thiocarbonyl (C=S) groups is 1. The van der Waals surface area contributed by atoms with Gasteiger partial charge in [0.2, 0.25) is 0 Å². The lowest BCUT2D eigenvalue weighted by molar-refractivity contribution is -0.00840. The van der Waals surface area contributed by atoms with Gasteiger partial charge in [-0.05, 0) is 30.4 Å². The maximum absolute atomic E-state index is 10.2. The number of hydrogen-bond donors (Lipinski definition) is 2. The van der Waals surface area contributed by atoms with Gasteiger partial charge in [-0.2, -0.15) is 0 Å². The lowest BCUT2D eigenvalue weighted by Gasteiger charge is -2.57. The first-order valence-electron chi connectivity index (χ1n) is 7.66. The lowest BCUT2D eigenvalue weighted by Crippen LogP contribution is -2.65. The van der Waals surface area contributed by atoms with Crippen molar-refractivity contribution in [3.8, 4) is 5.75 Å². The smallest absolute Gasteiger partial charge is 0.120 e. The van der Waals surface area contributed by atoms with E-state index in [0.29, 0.717) is 21.5 Å². The van der Waals surface area contributed by atoms with E-state index in [4.69, 9.17) is 35.4 Å². The molecule has 0 radical (unpaired) electrons. The summed E-state index contributed by atoms with van der Waals surface area (Å²) in [5.74, 6) is 0.354. The van der Waals surface area contributed by atoms with Gasteiger partial charge >= 0.3 is 0 Å². The van der Waals surface area contributed by atoms with Crippen molar-refractivity contribution in [1.82, 2.24) is 10.2 Å². The van der Waals surface area contributed by atoms with E-state index in [0.717, 1.165) is 36.6 Å². The van der Waals surface area contributed by atoms with Crippen molar-refractivity contribution in [2.75, 3.05) is 19.6 Å². The summed E-state index contributed by atoms with van der Waals surface area (Å²) >= 11 is 18.0. The third-order valence-corrected chi connectivity index (χ3v) is 6.67. The van der Waals surface area contributed by atoms with Gasteiger partial charge in [0, 0.05) is 43.6 Å². The van der Waals surface area contributed by atoms with Gasteiger partial charge in [-0.1, -0.05) is 35.4 Å². The molecule has 0 bridgehead atoms. The van der Waals surface area contributed by atoms with Crippen LogP contribution in [0.2, 0.25) is 10.0 Å². The van der Waals surface area contributed by atoms with Crippen molar-refractivity contribution in [3.05, 3.63) is 27.7 Å². The first-order chi connectivity index (χ1) is 10.5. The molecule has 0 amide bonds. The second-order valence-electron chi connectivity index (χ2n) is 6.91. The number of hydrogen-bond acceptors (Lipinski definition) is 3. The SMILES string of the molecule is Oc1ccc(Cl)c(Cl)c1C1CC(=S)N(C2CC3(CNC3)C2)C1. The van der Waals surface area contributed by atoms with Crippen LogP contribution in [0.15, 0.2) is 12.1 Å². The lowest BCUT2D eigenvalue weighted by atomic mass is 9.61. The van der Waals surface area contributed by atoms with Gasteiger partial charge < -0.3 is 15.3 Å². The fourth-order valence-electron chi connectivity index (χ4n) is 4.15. The number of rotatable bonds is 2. The van der Waals surface area contributed by atoms with Gasteiger partial charge in [0.25, 0.3) is 0 Å².